The zero-order valence-electron chi connectivity index (χ0n) is 15.1. The predicted molar refractivity (Wildman–Crippen MR) is 93.2 cm³/mol. The number of fused-ring (bicyclic) bond motifs is 1. The monoisotopic (exact) mass is 341 g/mol. The Labute approximate surface area is 146 Å². The lowest BCUT2D eigenvalue weighted by Gasteiger charge is -2.34. The molecule has 4 heterocycles. The van der Waals surface area contributed by atoms with Crippen LogP contribution in [0.5, 0.6) is 0 Å². The van der Waals surface area contributed by atoms with E-state index in [1.54, 1.807) is 6.20 Å². The summed E-state index contributed by atoms with van der Waals surface area (Å²) in [7, 11) is 0. The van der Waals surface area contributed by atoms with Crippen LogP contribution in [-0.2, 0) is 4.74 Å². The molecule has 25 heavy (non-hydrogen) atoms. The molecule has 7 nitrogen and oxygen atoms in total. The Bertz CT molecular complexity index is 896. The fraction of sp³-hybridized carbons (Fsp3) is 0.556. The molecule has 1 unspecified atom stereocenters. The first-order chi connectivity index (χ1) is 11.9. The van der Waals surface area contributed by atoms with Gasteiger partial charge >= 0.3 is 0 Å². The molecule has 0 N–H and O–H groups in total. The Morgan fingerprint density at radius 3 is 2.88 bits per heavy atom. The number of nitrogens with zero attached hydrogens (tertiary/aromatic N) is 5. The average molecular weight is 341 g/mol. The molecule has 0 aromatic carbocycles. The highest BCUT2D eigenvalue weighted by Crippen LogP contribution is 2.35. The van der Waals surface area contributed by atoms with Crippen molar-refractivity contribution in [2.45, 2.75) is 58.1 Å². The summed E-state index contributed by atoms with van der Waals surface area (Å²) in [5.41, 5.74) is 1.54. The van der Waals surface area contributed by atoms with Crippen LogP contribution in [0.25, 0.3) is 22.5 Å². The molecule has 0 saturated carbocycles. The Balaban J connectivity index is 1.62. The molecule has 132 valence electrons. The van der Waals surface area contributed by atoms with Crippen molar-refractivity contribution in [3.8, 4) is 11.5 Å². The first-order valence-electron chi connectivity index (χ1n) is 8.74. The molecule has 0 radical (unpaired) electrons. The first kappa shape index (κ1) is 16.2. The van der Waals surface area contributed by atoms with Gasteiger partial charge in [0.25, 0.3) is 5.89 Å². The lowest BCUT2D eigenvalue weighted by molar-refractivity contribution is -0.0604. The zero-order chi connectivity index (χ0) is 17.6. The normalized spacial score (nSPS) is 20.4. The maximum atomic E-state index is 5.77. The first-order valence-corrected chi connectivity index (χ1v) is 8.74. The van der Waals surface area contributed by atoms with Crippen LogP contribution < -0.4 is 0 Å². The van der Waals surface area contributed by atoms with Gasteiger partial charge in [-0.15, -0.1) is 0 Å². The summed E-state index contributed by atoms with van der Waals surface area (Å²) in [4.78, 5) is 9.15. The van der Waals surface area contributed by atoms with E-state index >= 15 is 0 Å². The van der Waals surface area contributed by atoms with Crippen LogP contribution in [0.15, 0.2) is 23.0 Å². The fourth-order valence-electron chi connectivity index (χ4n) is 3.41. The lowest BCUT2D eigenvalue weighted by atomic mass is 9.88. The second kappa shape index (κ2) is 5.91. The summed E-state index contributed by atoms with van der Waals surface area (Å²) in [5, 5.41) is 9.57. The van der Waals surface area contributed by atoms with Crippen molar-refractivity contribution in [3.63, 3.8) is 0 Å². The molecule has 1 fully saturated rings. The van der Waals surface area contributed by atoms with Crippen LogP contribution in [0.1, 0.15) is 58.3 Å². The van der Waals surface area contributed by atoms with E-state index in [0.717, 1.165) is 41.9 Å². The average Bonchev–Trinajstić information content (AvgIpc) is 3.20. The van der Waals surface area contributed by atoms with Gasteiger partial charge in [0.05, 0.1) is 17.4 Å². The Morgan fingerprint density at radius 2 is 2.12 bits per heavy atom. The summed E-state index contributed by atoms with van der Waals surface area (Å²) in [6.07, 6.45) is 5.41. The van der Waals surface area contributed by atoms with Gasteiger partial charge in [-0.2, -0.15) is 10.1 Å². The van der Waals surface area contributed by atoms with Crippen molar-refractivity contribution < 1.29 is 9.26 Å². The van der Waals surface area contributed by atoms with Crippen LogP contribution in [0.3, 0.4) is 0 Å². The van der Waals surface area contributed by atoms with Gasteiger partial charge in [0.2, 0.25) is 0 Å². The minimum Gasteiger partial charge on any atom is -0.376 e. The molecular formula is C18H23N5O2. The molecule has 0 amide bonds. The number of aromatic nitrogens is 5. The summed E-state index contributed by atoms with van der Waals surface area (Å²) in [6.45, 7) is 9.10. The van der Waals surface area contributed by atoms with Crippen molar-refractivity contribution in [2.24, 2.45) is 0 Å². The van der Waals surface area contributed by atoms with Crippen molar-refractivity contribution in [3.05, 3.63) is 24.3 Å². The van der Waals surface area contributed by atoms with Crippen molar-refractivity contribution >= 4 is 11.0 Å². The van der Waals surface area contributed by atoms with Gasteiger partial charge in [-0.3, -0.25) is 0 Å². The molecular weight excluding hydrogens is 318 g/mol. The summed E-state index contributed by atoms with van der Waals surface area (Å²) >= 11 is 0. The molecule has 1 aliphatic heterocycles. The second-order valence-electron chi connectivity index (χ2n) is 7.58. The lowest BCUT2D eigenvalue weighted by Crippen LogP contribution is -2.33. The van der Waals surface area contributed by atoms with Crippen LogP contribution in [0, 0.1) is 0 Å². The van der Waals surface area contributed by atoms with Gasteiger partial charge in [0.1, 0.15) is 0 Å². The Morgan fingerprint density at radius 1 is 1.28 bits per heavy atom. The topological polar surface area (TPSA) is 78.9 Å². The van der Waals surface area contributed by atoms with E-state index in [1.807, 2.05) is 16.9 Å². The number of hydrogen-bond acceptors (Lipinski definition) is 6. The molecule has 7 heteroatoms. The van der Waals surface area contributed by atoms with Crippen molar-refractivity contribution in [1.82, 2.24) is 24.9 Å². The molecule has 3 aromatic heterocycles. The van der Waals surface area contributed by atoms with E-state index in [9.17, 15) is 0 Å². The Hall–Kier alpha value is -2.28. The number of ether oxygens (including phenoxy) is 1. The Kier molecular flexibility index (Phi) is 3.83. The van der Waals surface area contributed by atoms with Gasteiger partial charge in [-0.05, 0) is 46.6 Å². The van der Waals surface area contributed by atoms with Crippen LogP contribution in [0.2, 0.25) is 0 Å². The molecule has 4 rings (SSSR count). The number of pyridine rings is 1. The molecule has 0 spiro atoms. The third kappa shape index (κ3) is 3.04. The highest BCUT2D eigenvalue weighted by molar-refractivity contribution is 5.79. The van der Waals surface area contributed by atoms with Crippen LogP contribution in [-0.4, -0.2) is 37.1 Å². The van der Waals surface area contributed by atoms with E-state index < -0.39 is 0 Å². The minimum atomic E-state index is -0.143. The molecule has 1 aliphatic rings. The third-order valence-corrected chi connectivity index (χ3v) is 4.67. The molecule has 0 bridgehead atoms. The van der Waals surface area contributed by atoms with Gasteiger partial charge in [0.15, 0.2) is 11.5 Å². The van der Waals surface area contributed by atoms with Crippen molar-refractivity contribution in [1.29, 1.82) is 0 Å². The maximum Gasteiger partial charge on any atom is 0.259 e. The van der Waals surface area contributed by atoms with E-state index in [1.165, 1.54) is 0 Å². The number of hydrogen-bond donors (Lipinski definition) is 0. The SMILES string of the molecule is CC(C)n1ncc2cc(-c3nc(C4CCOC(C)(C)C4)no3)cnc21. The zero-order valence-corrected chi connectivity index (χ0v) is 15.1. The third-order valence-electron chi connectivity index (χ3n) is 4.67. The second-order valence-corrected chi connectivity index (χ2v) is 7.58. The quantitative estimate of drug-likeness (QED) is 0.722. The molecule has 0 aliphatic carbocycles. The smallest absolute Gasteiger partial charge is 0.259 e. The van der Waals surface area contributed by atoms with E-state index in [0.29, 0.717) is 5.89 Å². The highest BCUT2D eigenvalue weighted by atomic mass is 16.5. The summed E-state index contributed by atoms with van der Waals surface area (Å²) in [5.74, 6) is 1.52. The fourth-order valence-corrected chi connectivity index (χ4v) is 3.41. The summed E-state index contributed by atoms with van der Waals surface area (Å²) in [6, 6.07) is 2.27. The minimum absolute atomic E-state index is 0.143. The number of rotatable bonds is 3. The molecule has 1 atom stereocenters. The standard InChI is InChI=1S/C18H23N5O2/c1-11(2)23-16-13(10-20-23)7-14(9-19-16)17-21-15(22-25-17)12-5-6-24-18(3,4)8-12/h7,9-12H,5-6,8H2,1-4H3. The highest BCUT2D eigenvalue weighted by Gasteiger charge is 2.32. The summed E-state index contributed by atoms with van der Waals surface area (Å²) < 4.78 is 13.2. The molecule has 1 saturated heterocycles. The van der Waals surface area contributed by atoms with Crippen LogP contribution >= 0.6 is 0 Å². The van der Waals surface area contributed by atoms with Gasteiger partial charge in [-0.25, -0.2) is 9.67 Å². The van der Waals surface area contributed by atoms with Gasteiger partial charge in [0, 0.05) is 30.1 Å². The predicted octanol–water partition coefficient (Wildman–Crippen LogP) is 3.73. The van der Waals surface area contributed by atoms with E-state index in [4.69, 9.17) is 9.26 Å². The van der Waals surface area contributed by atoms with Crippen molar-refractivity contribution in [2.75, 3.05) is 6.61 Å². The van der Waals surface area contributed by atoms with Gasteiger partial charge in [-0.1, -0.05) is 5.16 Å². The van der Waals surface area contributed by atoms with E-state index in [2.05, 4.69) is 47.9 Å². The van der Waals surface area contributed by atoms with Crippen LogP contribution in [0.4, 0.5) is 0 Å². The van der Waals surface area contributed by atoms with E-state index in [-0.39, 0.29) is 17.6 Å². The van der Waals surface area contributed by atoms with Gasteiger partial charge < -0.3 is 9.26 Å². The largest absolute Gasteiger partial charge is 0.376 e. The molecule has 3 aromatic rings. The maximum absolute atomic E-state index is 5.77.